The van der Waals surface area contributed by atoms with E-state index >= 15 is 0 Å². The van der Waals surface area contributed by atoms with Crippen molar-refractivity contribution in [2.24, 2.45) is 5.92 Å². The zero-order valence-electron chi connectivity index (χ0n) is 14.8. The van der Waals surface area contributed by atoms with Crippen LogP contribution in [0.25, 0.3) is 0 Å². The summed E-state index contributed by atoms with van der Waals surface area (Å²) in [6, 6.07) is 14.9. The highest BCUT2D eigenvalue weighted by Crippen LogP contribution is 2.30. The van der Waals surface area contributed by atoms with Crippen LogP contribution in [0.15, 0.2) is 48.7 Å². The van der Waals surface area contributed by atoms with E-state index in [0.717, 1.165) is 37.9 Å². The van der Waals surface area contributed by atoms with Crippen molar-refractivity contribution in [3.8, 4) is 0 Å². The summed E-state index contributed by atoms with van der Waals surface area (Å²) in [4.78, 5) is 18.3. The molecule has 1 aliphatic heterocycles. The molecule has 3 rings (SSSR count). The van der Waals surface area contributed by atoms with Gasteiger partial charge in [-0.05, 0) is 49.1 Å². The number of benzene rings is 1. The summed E-state index contributed by atoms with van der Waals surface area (Å²) in [7, 11) is 0. The van der Waals surface area contributed by atoms with Gasteiger partial charge >= 0.3 is 5.97 Å². The van der Waals surface area contributed by atoms with Gasteiger partial charge in [0.15, 0.2) is 0 Å². The Bertz CT molecular complexity index is 685. The van der Waals surface area contributed by atoms with Crippen molar-refractivity contribution in [2.45, 2.75) is 38.6 Å². The molecule has 132 valence electrons. The number of rotatable bonds is 6. The van der Waals surface area contributed by atoms with Gasteiger partial charge in [-0.3, -0.25) is 14.7 Å². The molecule has 4 heteroatoms. The van der Waals surface area contributed by atoms with Gasteiger partial charge in [-0.2, -0.15) is 0 Å². The minimum Gasteiger partial charge on any atom is -0.481 e. The van der Waals surface area contributed by atoms with Crippen molar-refractivity contribution in [2.75, 3.05) is 13.1 Å². The molecule has 1 saturated heterocycles. The number of hydrogen-bond acceptors (Lipinski definition) is 3. The van der Waals surface area contributed by atoms with E-state index in [0.29, 0.717) is 6.54 Å². The van der Waals surface area contributed by atoms with Gasteiger partial charge in [0, 0.05) is 30.9 Å². The molecule has 0 bridgehead atoms. The van der Waals surface area contributed by atoms with Crippen LogP contribution in [0.4, 0.5) is 0 Å². The topological polar surface area (TPSA) is 53.4 Å². The second-order valence-electron chi connectivity index (χ2n) is 6.81. The average Bonchev–Trinajstić information content (AvgIpc) is 2.67. The largest absolute Gasteiger partial charge is 0.481 e. The fourth-order valence-electron chi connectivity index (χ4n) is 3.64. The number of hydrogen-bond donors (Lipinski definition) is 1. The summed E-state index contributed by atoms with van der Waals surface area (Å²) < 4.78 is 0. The molecule has 2 atom stereocenters. The zero-order chi connectivity index (χ0) is 17.6. The lowest BCUT2D eigenvalue weighted by atomic mass is 9.92. The fraction of sp³-hybridized carbons (Fsp3) is 0.429. The highest BCUT2D eigenvalue weighted by atomic mass is 16.4. The Labute approximate surface area is 149 Å². The normalized spacial score (nSPS) is 19.5. The number of carbonyl (C=O) groups is 1. The van der Waals surface area contributed by atoms with E-state index in [1.807, 2.05) is 24.4 Å². The van der Waals surface area contributed by atoms with E-state index in [4.69, 9.17) is 0 Å². The SMILES string of the molecule is CCc1ccc(C(Cc2ccccn2)N2CCCC(C(=O)O)C2)cc1. The molecule has 1 aromatic carbocycles. The summed E-state index contributed by atoms with van der Waals surface area (Å²) >= 11 is 0. The van der Waals surface area contributed by atoms with Gasteiger partial charge in [0.1, 0.15) is 0 Å². The summed E-state index contributed by atoms with van der Waals surface area (Å²) in [6.07, 6.45) is 5.36. The van der Waals surface area contributed by atoms with E-state index in [1.54, 1.807) is 0 Å². The van der Waals surface area contributed by atoms with E-state index in [2.05, 4.69) is 41.1 Å². The van der Waals surface area contributed by atoms with Crippen molar-refractivity contribution >= 4 is 5.97 Å². The van der Waals surface area contributed by atoms with E-state index in [9.17, 15) is 9.90 Å². The minimum atomic E-state index is -0.678. The first-order valence-electron chi connectivity index (χ1n) is 9.13. The highest BCUT2D eigenvalue weighted by molar-refractivity contribution is 5.70. The third-order valence-corrected chi connectivity index (χ3v) is 5.14. The van der Waals surface area contributed by atoms with Gasteiger partial charge in [0.25, 0.3) is 0 Å². The van der Waals surface area contributed by atoms with Gasteiger partial charge in [-0.25, -0.2) is 0 Å². The Morgan fingerprint density at radius 1 is 1.28 bits per heavy atom. The number of carboxylic acid groups (broad SMARTS) is 1. The van der Waals surface area contributed by atoms with Crippen LogP contribution >= 0.6 is 0 Å². The smallest absolute Gasteiger partial charge is 0.307 e. The number of piperidine rings is 1. The lowest BCUT2D eigenvalue weighted by molar-refractivity contribution is -0.144. The number of pyridine rings is 1. The standard InChI is InChI=1S/C21H26N2O2/c1-2-16-8-10-17(11-9-16)20(14-19-7-3-4-12-22-19)23-13-5-6-18(15-23)21(24)25/h3-4,7-12,18,20H,2,5-6,13-15H2,1H3,(H,24,25). The highest BCUT2D eigenvalue weighted by Gasteiger charge is 2.30. The Morgan fingerprint density at radius 2 is 2.08 bits per heavy atom. The molecule has 2 heterocycles. The Morgan fingerprint density at radius 3 is 2.72 bits per heavy atom. The summed E-state index contributed by atoms with van der Waals surface area (Å²) in [5.74, 6) is -0.947. The summed E-state index contributed by atoms with van der Waals surface area (Å²) in [5.41, 5.74) is 3.61. The third-order valence-electron chi connectivity index (χ3n) is 5.14. The predicted octanol–water partition coefficient (Wildman–Crippen LogP) is 3.72. The molecule has 0 spiro atoms. The number of aromatic nitrogens is 1. The Hall–Kier alpha value is -2.20. The molecule has 1 aliphatic rings. The first-order chi connectivity index (χ1) is 12.2. The monoisotopic (exact) mass is 338 g/mol. The van der Waals surface area contributed by atoms with Crippen molar-refractivity contribution in [1.29, 1.82) is 0 Å². The zero-order valence-corrected chi connectivity index (χ0v) is 14.8. The van der Waals surface area contributed by atoms with E-state index in [-0.39, 0.29) is 12.0 Å². The second-order valence-corrected chi connectivity index (χ2v) is 6.81. The van der Waals surface area contributed by atoms with Crippen LogP contribution in [0.5, 0.6) is 0 Å². The molecule has 4 nitrogen and oxygen atoms in total. The van der Waals surface area contributed by atoms with Crippen LogP contribution in [0.1, 0.15) is 42.6 Å². The van der Waals surface area contributed by atoms with E-state index in [1.165, 1.54) is 11.1 Å². The fourth-order valence-corrected chi connectivity index (χ4v) is 3.64. The molecule has 1 N–H and O–H groups in total. The Balaban J connectivity index is 1.86. The maximum absolute atomic E-state index is 11.5. The average molecular weight is 338 g/mol. The van der Waals surface area contributed by atoms with Gasteiger partial charge in [-0.15, -0.1) is 0 Å². The van der Waals surface area contributed by atoms with Gasteiger partial charge in [-0.1, -0.05) is 37.3 Å². The van der Waals surface area contributed by atoms with Crippen LogP contribution in [-0.4, -0.2) is 34.0 Å². The molecule has 1 aromatic heterocycles. The van der Waals surface area contributed by atoms with Crippen molar-refractivity contribution in [3.63, 3.8) is 0 Å². The summed E-state index contributed by atoms with van der Waals surface area (Å²) in [5, 5.41) is 9.43. The van der Waals surface area contributed by atoms with Gasteiger partial charge < -0.3 is 5.11 Å². The molecule has 0 radical (unpaired) electrons. The number of aryl methyl sites for hydroxylation is 1. The van der Waals surface area contributed by atoms with Gasteiger partial charge in [0.2, 0.25) is 0 Å². The molecule has 2 unspecified atom stereocenters. The van der Waals surface area contributed by atoms with Gasteiger partial charge in [0.05, 0.1) is 5.92 Å². The molecule has 0 amide bonds. The van der Waals surface area contributed by atoms with Crippen LogP contribution < -0.4 is 0 Å². The maximum atomic E-state index is 11.5. The maximum Gasteiger partial charge on any atom is 0.307 e. The quantitative estimate of drug-likeness (QED) is 0.872. The lowest BCUT2D eigenvalue weighted by Crippen LogP contribution is -2.41. The lowest BCUT2D eigenvalue weighted by Gasteiger charge is -2.37. The third kappa shape index (κ3) is 4.45. The molecule has 1 fully saturated rings. The molecule has 25 heavy (non-hydrogen) atoms. The minimum absolute atomic E-state index is 0.169. The van der Waals surface area contributed by atoms with Crippen LogP contribution in [-0.2, 0) is 17.6 Å². The number of carboxylic acids is 1. The molecule has 0 saturated carbocycles. The molecule has 2 aromatic rings. The molecular formula is C21H26N2O2. The van der Waals surface area contributed by atoms with E-state index < -0.39 is 5.97 Å². The second kappa shape index (κ2) is 8.26. The summed E-state index contributed by atoms with van der Waals surface area (Å²) in [6.45, 7) is 3.71. The van der Waals surface area contributed by atoms with Crippen molar-refractivity contribution in [3.05, 3.63) is 65.5 Å². The van der Waals surface area contributed by atoms with Crippen LogP contribution in [0.3, 0.4) is 0 Å². The first-order valence-corrected chi connectivity index (χ1v) is 9.13. The molecule has 0 aliphatic carbocycles. The number of aliphatic carboxylic acids is 1. The van der Waals surface area contributed by atoms with Crippen LogP contribution in [0.2, 0.25) is 0 Å². The molecular weight excluding hydrogens is 312 g/mol. The van der Waals surface area contributed by atoms with Crippen molar-refractivity contribution < 1.29 is 9.90 Å². The predicted molar refractivity (Wildman–Crippen MR) is 98.4 cm³/mol. The van der Waals surface area contributed by atoms with Crippen LogP contribution in [0, 0.1) is 5.92 Å². The van der Waals surface area contributed by atoms with Crippen molar-refractivity contribution in [1.82, 2.24) is 9.88 Å². The number of likely N-dealkylation sites (tertiary alicyclic amines) is 1. The number of nitrogens with zero attached hydrogens (tertiary/aromatic N) is 2. The first kappa shape index (κ1) is 17.6. The Kier molecular flexibility index (Phi) is 5.82.